The van der Waals surface area contributed by atoms with Crippen molar-refractivity contribution in [1.82, 2.24) is 0 Å². The van der Waals surface area contributed by atoms with E-state index in [2.05, 4.69) is 69.0 Å². The monoisotopic (exact) mass is 474 g/mol. The average molecular weight is 475 g/mol. The van der Waals surface area contributed by atoms with Crippen LogP contribution in [0.4, 0.5) is 0 Å². The first-order valence-electron chi connectivity index (χ1n) is 9.54. The van der Waals surface area contributed by atoms with Crippen molar-refractivity contribution in [3.8, 4) is 0 Å². The van der Waals surface area contributed by atoms with Gasteiger partial charge in [-0.2, -0.15) is 4.57 Å². The predicted molar refractivity (Wildman–Crippen MR) is 127 cm³/mol. The van der Waals surface area contributed by atoms with Crippen LogP contribution in [0.25, 0.3) is 33.3 Å². The summed E-state index contributed by atoms with van der Waals surface area (Å²) in [6, 6.07) is 24.3. The van der Waals surface area contributed by atoms with Gasteiger partial charge in [-0.1, -0.05) is 59.9 Å². The lowest BCUT2D eigenvalue weighted by Crippen LogP contribution is -2.35. The highest BCUT2D eigenvalue weighted by molar-refractivity contribution is 9.10. The van der Waals surface area contributed by atoms with E-state index in [9.17, 15) is 4.79 Å². The van der Waals surface area contributed by atoms with Crippen LogP contribution in [0.5, 0.6) is 0 Å². The van der Waals surface area contributed by atoms with Gasteiger partial charge in [0.25, 0.3) is 5.01 Å². The average Bonchev–Trinajstić information content (AvgIpc) is 3.12. The molecule has 0 aliphatic carbocycles. The van der Waals surface area contributed by atoms with Crippen molar-refractivity contribution in [2.75, 3.05) is 0 Å². The van der Waals surface area contributed by atoms with Crippen molar-refractivity contribution in [2.45, 2.75) is 6.54 Å². The largest absolute Gasteiger partial charge is 0.462 e. The Balaban J connectivity index is 1.59. The quantitative estimate of drug-likeness (QED) is 0.287. The minimum absolute atomic E-state index is 0.0375. The first-order chi connectivity index (χ1) is 14.7. The van der Waals surface area contributed by atoms with Gasteiger partial charge in [0.2, 0.25) is 5.52 Å². The highest BCUT2D eigenvalue weighted by atomic mass is 79.9. The van der Waals surface area contributed by atoms with Gasteiger partial charge < -0.3 is 4.42 Å². The van der Waals surface area contributed by atoms with E-state index in [4.69, 9.17) is 4.42 Å². The molecule has 30 heavy (non-hydrogen) atoms. The van der Waals surface area contributed by atoms with E-state index in [1.54, 1.807) is 17.4 Å². The maximum atomic E-state index is 12.9. The van der Waals surface area contributed by atoms with Crippen molar-refractivity contribution >= 4 is 60.6 Å². The molecule has 0 fully saturated rings. The van der Waals surface area contributed by atoms with Crippen molar-refractivity contribution in [2.24, 2.45) is 0 Å². The Kier molecular flexibility index (Phi) is 5.07. The molecule has 2 heterocycles. The number of benzene rings is 3. The fourth-order valence-corrected chi connectivity index (χ4v) is 5.04. The lowest BCUT2D eigenvalue weighted by Gasteiger charge is -2.00. The first kappa shape index (κ1) is 19.0. The van der Waals surface area contributed by atoms with Crippen molar-refractivity contribution in [3.05, 3.63) is 110 Å². The van der Waals surface area contributed by atoms with Gasteiger partial charge in [0.05, 0.1) is 15.4 Å². The van der Waals surface area contributed by atoms with Crippen molar-refractivity contribution in [1.29, 1.82) is 0 Å². The highest BCUT2D eigenvalue weighted by Crippen LogP contribution is 2.24. The summed E-state index contributed by atoms with van der Waals surface area (Å²) in [6.45, 7) is 0.768. The van der Waals surface area contributed by atoms with E-state index in [0.29, 0.717) is 16.5 Å². The third-order valence-corrected chi connectivity index (χ3v) is 6.76. The number of para-hydroxylation sites is 2. The second kappa shape index (κ2) is 8.01. The van der Waals surface area contributed by atoms with Crippen molar-refractivity contribution < 1.29 is 8.98 Å². The molecule has 0 unspecified atom stereocenters. The summed E-state index contributed by atoms with van der Waals surface area (Å²) in [4.78, 5) is 12.9. The zero-order chi connectivity index (χ0) is 20.5. The summed E-state index contributed by atoms with van der Waals surface area (Å²) in [7, 11) is 0. The van der Waals surface area contributed by atoms with E-state index in [-0.39, 0.29) is 5.43 Å². The number of aromatic nitrogens is 1. The fourth-order valence-electron chi connectivity index (χ4n) is 3.52. The van der Waals surface area contributed by atoms with Gasteiger partial charge in [-0.3, -0.25) is 4.79 Å². The van der Waals surface area contributed by atoms with Gasteiger partial charge in [-0.15, -0.1) is 0 Å². The van der Waals surface area contributed by atoms with Gasteiger partial charge in [0.1, 0.15) is 11.0 Å². The Morgan fingerprint density at radius 3 is 2.60 bits per heavy atom. The third-order valence-electron chi connectivity index (χ3n) is 5.00. The molecule has 0 aliphatic rings. The number of nitrogens with zero attached hydrogens (tertiary/aromatic N) is 1. The smallest absolute Gasteiger partial charge is 0.263 e. The highest BCUT2D eigenvalue weighted by Gasteiger charge is 2.19. The second-order valence-electron chi connectivity index (χ2n) is 6.95. The van der Waals surface area contributed by atoms with Crippen LogP contribution in [-0.2, 0) is 6.54 Å². The Morgan fingerprint density at radius 1 is 0.933 bits per heavy atom. The predicted octanol–water partition coefficient (Wildman–Crippen LogP) is 6.28. The van der Waals surface area contributed by atoms with Crippen LogP contribution in [0, 0.1) is 0 Å². The fraction of sp³-hybridized carbons (Fsp3) is 0.0400. The summed E-state index contributed by atoms with van der Waals surface area (Å²) in [5.74, 6) is 0. The summed E-state index contributed by atoms with van der Waals surface area (Å²) in [5.41, 5.74) is 3.48. The lowest BCUT2D eigenvalue weighted by molar-refractivity contribution is -0.659. The molecule has 0 radical (unpaired) electrons. The van der Waals surface area contributed by atoms with E-state index >= 15 is 0 Å². The van der Waals surface area contributed by atoms with E-state index < -0.39 is 0 Å². The van der Waals surface area contributed by atoms with Gasteiger partial charge in [0, 0.05) is 17.7 Å². The topological polar surface area (TPSA) is 34.1 Å². The van der Waals surface area contributed by atoms with E-state index in [1.807, 2.05) is 30.4 Å². The van der Waals surface area contributed by atoms with Crippen LogP contribution in [0.3, 0.4) is 0 Å². The molecule has 5 aromatic rings. The third kappa shape index (κ3) is 3.51. The molecule has 3 aromatic carbocycles. The van der Waals surface area contributed by atoms with Crippen molar-refractivity contribution in [3.63, 3.8) is 0 Å². The molecule has 0 bridgehead atoms. The number of hydrogen-bond acceptors (Lipinski definition) is 3. The lowest BCUT2D eigenvalue weighted by atomic mass is 10.1. The van der Waals surface area contributed by atoms with Gasteiger partial charge in [0.15, 0.2) is 17.6 Å². The number of rotatable bonds is 4. The Bertz CT molecular complexity index is 1450. The molecular weight excluding hydrogens is 458 g/mol. The standard InChI is InChI=1S/C25H17BrNO2S/c26-20-10-6-9-19-24(28)18(16-29-25(19)20)13-14-23-27(15-17-7-2-1-3-8-17)21-11-4-5-12-22(21)30-23/h1-14,16H,15H2/q+1/b14-13+. The molecule has 2 aromatic heterocycles. The molecule has 5 rings (SSSR count). The second-order valence-corrected chi connectivity index (χ2v) is 8.87. The molecule has 0 spiro atoms. The molecule has 146 valence electrons. The van der Waals surface area contributed by atoms with Crippen LogP contribution < -0.4 is 10.00 Å². The Morgan fingerprint density at radius 2 is 1.73 bits per heavy atom. The van der Waals surface area contributed by atoms with Crippen LogP contribution in [0.1, 0.15) is 16.1 Å². The summed E-state index contributed by atoms with van der Waals surface area (Å²) in [5, 5.41) is 1.65. The Hall–Kier alpha value is -3.02. The molecule has 0 amide bonds. The maximum absolute atomic E-state index is 12.9. The van der Waals surface area contributed by atoms with Gasteiger partial charge >= 0.3 is 0 Å². The SMILES string of the molecule is O=c1c(/C=C/c2sc3ccccc3[n+]2Cc2ccccc2)coc2c(Br)cccc12. The zero-order valence-electron chi connectivity index (χ0n) is 15.9. The van der Waals surface area contributed by atoms with Crippen LogP contribution in [0.2, 0.25) is 0 Å². The molecular formula is C25H17BrNO2S+. The summed E-state index contributed by atoms with van der Waals surface area (Å²) < 4.78 is 10.00. The first-order valence-corrected chi connectivity index (χ1v) is 11.1. The minimum Gasteiger partial charge on any atom is -0.462 e. The van der Waals surface area contributed by atoms with Crippen LogP contribution in [0.15, 0.2) is 92.7 Å². The molecule has 3 nitrogen and oxygen atoms in total. The molecule has 0 saturated carbocycles. The zero-order valence-corrected chi connectivity index (χ0v) is 18.3. The van der Waals surface area contributed by atoms with Crippen LogP contribution in [-0.4, -0.2) is 0 Å². The van der Waals surface area contributed by atoms with Gasteiger partial charge in [-0.05, 0) is 40.2 Å². The molecule has 0 N–H and O–H groups in total. The number of thiazole rings is 1. The number of hydrogen-bond donors (Lipinski definition) is 0. The summed E-state index contributed by atoms with van der Waals surface area (Å²) in [6.07, 6.45) is 5.38. The maximum Gasteiger partial charge on any atom is 0.263 e. The normalized spacial score (nSPS) is 11.6. The van der Waals surface area contributed by atoms with Gasteiger partial charge in [-0.25, -0.2) is 0 Å². The van der Waals surface area contributed by atoms with Crippen LogP contribution >= 0.6 is 27.3 Å². The number of fused-ring (bicyclic) bond motifs is 2. The minimum atomic E-state index is -0.0375. The molecule has 5 heteroatoms. The van der Waals surface area contributed by atoms with E-state index in [1.165, 1.54) is 22.0 Å². The molecule has 0 aliphatic heterocycles. The molecule has 0 saturated heterocycles. The Labute approximate surface area is 185 Å². The summed E-state index contributed by atoms with van der Waals surface area (Å²) >= 11 is 5.15. The number of halogens is 1. The van der Waals surface area contributed by atoms with E-state index in [0.717, 1.165) is 16.0 Å². The molecule has 0 atom stereocenters.